The van der Waals surface area contributed by atoms with Crippen molar-refractivity contribution in [3.8, 4) is 0 Å². The van der Waals surface area contributed by atoms with Crippen molar-refractivity contribution in [2.45, 2.75) is 57.2 Å². The van der Waals surface area contributed by atoms with Crippen molar-refractivity contribution in [3.05, 3.63) is 0 Å². The van der Waals surface area contributed by atoms with Crippen LogP contribution in [0, 0.1) is 0 Å². The summed E-state index contributed by atoms with van der Waals surface area (Å²) in [5.74, 6) is 0.0422. The molecule has 1 amide bonds. The molecule has 2 unspecified atom stereocenters. The molecule has 0 aliphatic carbocycles. The van der Waals surface area contributed by atoms with E-state index in [0.717, 1.165) is 25.8 Å². The van der Waals surface area contributed by atoms with Crippen molar-refractivity contribution in [1.29, 1.82) is 0 Å². The van der Waals surface area contributed by atoms with E-state index in [1.54, 1.807) is 0 Å². The minimum Gasteiger partial charge on any atom is -0.350 e. The lowest BCUT2D eigenvalue weighted by Crippen LogP contribution is -2.48. The number of carbonyl (C=O) groups excluding carboxylic acids is 1. The molecule has 2 aliphatic rings. The predicted molar refractivity (Wildman–Crippen MR) is 64.0 cm³/mol. The lowest BCUT2D eigenvalue weighted by atomic mass is 10.1. The maximum Gasteiger partial charge on any atom is 0.237 e. The van der Waals surface area contributed by atoms with Gasteiger partial charge in [0, 0.05) is 18.6 Å². The smallest absolute Gasteiger partial charge is 0.237 e. The maximum absolute atomic E-state index is 11.8. The van der Waals surface area contributed by atoms with Crippen molar-refractivity contribution in [2.75, 3.05) is 13.1 Å². The van der Waals surface area contributed by atoms with Crippen LogP contribution >= 0.6 is 0 Å². The van der Waals surface area contributed by atoms with Crippen LogP contribution in [-0.2, 0) is 4.79 Å². The highest BCUT2D eigenvalue weighted by molar-refractivity contribution is 5.81. The molecule has 2 heterocycles. The van der Waals surface area contributed by atoms with Gasteiger partial charge in [0.15, 0.2) is 0 Å². The summed E-state index contributed by atoms with van der Waals surface area (Å²) in [6, 6.07) is 0.608. The molecule has 92 valence electrons. The third-order valence-corrected chi connectivity index (χ3v) is 3.87. The van der Waals surface area contributed by atoms with Crippen LogP contribution in [0.25, 0.3) is 0 Å². The molecule has 0 saturated carbocycles. The zero-order valence-electron chi connectivity index (χ0n) is 10.1. The Bertz CT molecular complexity index is 257. The first kappa shape index (κ1) is 11.9. The Morgan fingerprint density at radius 2 is 2.31 bits per heavy atom. The average Bonchev–Trinajstić information content (AvgIpc) is 2.83. The second-order valence-corrected chi connectivity index (χ2v) is 5.04. The molecule has 0 bridgehead atoms. The van der Waals surface area contributed by atoms with Crippen LogP contribution in [0.2, 0.25) is 0 Å². The Morgan fingerprint density at radius 3 is 3.06 bits per heavy atom. The number of nitrogens with one attached hydrogen (secondary N) is 1. The summed E-state index contributed by atoms with van der Waals surface area (Å²) >= 11 is 0. The van der Waals surface area contributed by atoms with E-state index in [0.29, 0.717) is 12.1 Å². The molecule has 0 radical (unpaired) electrons. The van der Waals surface area contributed by atoms with Crippen molar-refractivity contribution in [3.63, 3.8) is 0 Å². The molecular weight excluding hydrogens is 202 g/mol. The number of nitrogens with zero attached hydrogens (tertiary/aromatic N) is 1. The van der Waals surface area contributed by atoms with Crippen molar-refractivity contribution >= 4 is 5.91 Å². The summed E-state index contributed by atoms with van der Waals surface area (Å²) in [5.41, 5.74) is 5.82. The second kappa shape index (κ2) is 5.15. The van der Waals surface area contributed by atoms with E-state index in [1.807, 2.05) is 0 Å². The van der Waals surface area contributed by atoms with Crippen LogP contribution in [-0.4, -0.2) is 42.0 Å². The largest absolute Gasteiger partial charge is 0.350 e. The summed E-state index contributed by atoms with van der Waals surface area (Å²) in [4.78, 5) is 14.3. The molecule has 2 rings (SSSR count). The van der Waals surface area contributed by atoms with Gasteiger partial charge in [-0.15, -0.1) is 0 Å². The van der Waals surface area contributed by atoms with Gasteiger partial charge in [-0.05, 0) is 32.2 Å². The fraction of sp³-hybridized carbons (Fsp3) is 0.917. The lowest BCUT2D eigenvalue weighted by molar-refractivity contribution is -0.123. The summed E-state index contributed by atoms with van der Waals surface area (Å²) in [6.45, 7) is 4.40. The Balaban J connectivity index is 1.83. The normalized spacial score (nSPS) is 31.4. The molecule has 0 aromatic rings. The van der Waals surface area contributed by atoms with Gasteiger partial charge in [0.1, 0.15) is 0 Å². The van der Waals surface area contributed by atoms with Crippen LogP contribution < -0.4 is 11.1 Å². The fourth-order valence-corrected chi connectivity index (χ4v) is 2.98. The first-order valence-electron chi connectivity index (χ1n) is 6.52. The average molecular weight is 225 g/mol. The molecular formula is C12H23N3O. The summed E-state index contributed by atoms with van der Waals surface area (Å²) in [6.07, 6.45) is 5.35. The number of fused-ring (bicyclic) bond motifs is 1. The van der Waals surface area contributed by atoms with E-state index >= 15 is 0 Å². The third-order valence-electron chi connectivity index (χ3n) is 3.87. The number of rotatable bonds is 4. The highest BCUT2D eigenvalue weighted by Crippen LogP contribution is 2.27. The van der Waals surface area contributed by atoms with Gasteiger partial charge < -0.3 is 11.1 Å². The van der Waals surface area contributed by atoms with E-state index in [-0.39, 0.29) is 11.9 Å². The van der Waals surface area contributed by atoms with Gasteiger partial charge in [-0.1, -0.05) is 13.3 Å². The van der Waals surface area contributed by atoms with E-state index < -0.39 is 0 Å². The van der Waals surface area contributed by atoms with Crippen LogP contribution in [0.1, 0.15) is 39.0 Å². The zero-order valence-corrected chi connectivity index (χ0v) is 10.1. The van der Waals surface area contributed by atoms with Gasteiger partial charge in [-0.25, -0.2) is 0 Å². The second-order valence-electron chi connectivity index (χ2n) is 5.04. The number of carbonyl (C=O) groups is 1. The molecule has 3 N–H and O–H groups in total. The predicted octanol–water partition coefficient (Wildman–Crippen LogP) is 0.467. The maximum atomic E-state index is 11.8. The monoisotopic (exact) mass is 225 g/mol. The Morgan fingerprint density at radius 1 is 1.50 bits per heavy atom. The fourth-order valence-electron chi connectivity index (χ4n) is 2.98. The van der Waals surface area contributed by atoms with Crippen molar-refractivity contribution in [2.24, 2.45) is 5.73 Å². The molecule has 0 aromatic carbocycles. The van der Waals surface area contributed by atoms with Gasteiger partial charge in [0.05, 0.1) is 6.04 Å². The molecule has 2 saturated heterocycles. The first-order chi connectivity index (χ1) is 7.72. The van der Waals surface area contributed by atoms with E-state index in [9.17, 15) is 4.79 Å². The Hall–Kier alpha value is -0.610. The molecule has 4 heteroatoms. The van der Waals surface area contributed by atoms with Crippen molar-refractivity contribution in [1.82, 2.24) is 10.2 Å². The lowest BCUT2D eigenvalue weighted by Gasteiger charge is -2.22. The molecule has 2 fully saturated rings. The number of hydrogen-bond acceptors (Lipinski definition) is 3. The van der Waals surface area contributed by atoms with Gasteiger partial charge in [0.25, 0.3) is 0 Å². The number of amides is 1. The molecule has 2 aliphatic heterocycles. The van der Waals surface area contributed by atoms with Crippen LogP contribution in [0.4, 0.5) is 0 Å². The van der Waals surface area contributed by atoms with Crippen LogP contribution in [0.15, 0.2) is 0 Å². The van der Waals surface area contributed by atoms with Gasteiger partial charge in [-0.3, -0.25) is 9.69 Å². The molecule has 16 heavy (non-hydrogen) atoms. The highest BCUT2D eigenvalue weighted by Gasteiger charge is 2.38. The first-order valence-corrected chi connectivity index (χ1v) is 6.52. The number of nitrogens with two attached hydrogens (primary N) is 1. The van der Waals surface area contributed by atoms with Crippen LogP contribution in [0.3, 0.4) is 0 Å². The van der Waals surface area contributed by atoms with E-state index in [2.05, 4.69) is 17.1 Å². The van der Waals surface area contributed by atoms with Gasteiger partial charge in [0.2, 0.25) is 5.91 Å². The molecule has 0 spiro atoms. The minimum absolute atomic E-state index is 0.0422. The van der Waals surface area contributed by atoms with E-state index in [1.165, 1.54) is 19.4 Å². The quantitative estimate of drug-likeness (QED) is 0.731. The zero-order chi connectivity index (χ0) is 11.5. The van der Waals surface area contributed by atoms with Gasteiger partial charge in [-0.2, -0.15) is 0 Å². The standard InChI is InChI=1S/C12H23N3O/c1-2-4-9(13)12(16)14-10-6-8-15-7-3-5-11(10)15/h9-11H,2-8,13H2,1H3,(H,14,16)/t9-,10?,11?/m0/s1. The third kappa shape index (κ3) is 2.38. The molecule has 4 nitrogen and oxygen atoms in total. The Labute approximate surface area is 97.6 Å². The summed E-state index contributed by atoms with van der Waals surface area (Å²) in [5, 5.41) is 3.13. The SMILES string of the molecule is CCC[C@H](N)C(=O)NC1CCN2CCCC12. The Kier molecular flexibility index (Phi) is 3.82. The molecule has 0 aromatic heterocycles. The van der Waals surface area contributed by atoms with Crippen LogP contribution in [0.5, 0.6) is 0 Å². The van der Waals surface area contributed by atoms with E-state index in [4.69, 9.17) is 5.73 Å². The summed E-state index contributed by atoms with van der Waals surface area (Å²) < 4.78 is 0. The van der Waals surface area contributed by atoms with Gasteiger partial charge >= 0.3 is 0 Å². The van der Waals surface area contributed by atoms with Crippen molar-refractivity contribution < 1.29 is 4.79 Å². The summed E-state index contributed by atoms with van der Waals surface area (Å²) in [7, 11) is 0. The topological polar surface area (TPSA) is 58.4 Å². The molecule has 3 atom stereocenters. The minimum atomic E-state index is -0.319. The highest BCUT2D eigenvalue weighted by atomic mass is 16.2. The number of hydrogen-bond donors (Lipinski definition) is 2.